The summed E-state index contributed by atoms with van der Waals surface area (Å²) in [4.78, 5) is 30.3. The zero-order valence-corrected chi connectivity index (χ0v) is 18.5. The third-order valence-corrected chi connectivity index (χ3v) is 5.99. The number of halogens is 3. The number of ether oxygens (including phenoxy) is 1. The summed E-state index contributed by atoms with van der Waals surface area (Å²) in [5.41, 5.74) is 0.658. The van der Waals surface area contributed by atoms with E-state index in [1.165, 1.54) is 23.1 Å². The second-order valence-corrected chi connectivity index (χ2v) is 8.20. The van der Waals surface area contributed by atoms with E-state index in [1.54, 1.807) is 55.6 Å². The first-order valence-electron chi connectivity index (χ1n) is 10.8. The number of hydrogen-bond donors (Lipinski definition) is 2. The summed E-state index contributed by atoms with van der Waals surface area (Å²) in [5, 5.41) is 3.25. The number of nitrogens with one attached hydrogen (secondary N) is 2. The highest BCUT2D eigenvalue weighted by atomic mass is 19.4. The molecule has 0 saturated carbocycles. The average Bonchev–Trinajstić information content (AvgIpc) is 3.25. The number of aromatic amines is 1. The van der Waals surface area contributed by atoms with Crippen LogP contribution in [0, 0.1) is 0 Å². The first-order valence-corrected chi connectivity index (χ1v) is 10.8. The predicted molar refractivity (Wildman–Crippen MR) is 125 cm³/mol. The fourth-order valence-corrected chi connectivity index (χ4v) is 4.26. The summed E-state index contributed by atoms with van der Waals surface area (Å²) in [6.07, 6.45) is -4.53. The van der Waals surface area contributed by atoms with Gasteiger partial charge >= 0.3 is 6.18 Å². The number of hydrogen-bond acceptors (Lipinski definition) is 3. The first kappa shape index (κ1) is 22.5. The van der Waals surface area contributed by atoms with Crippen molar-refractivity contribution in [1.82, 2.24) is 10.3 Å². The van der Waals surface area contributed by atoms with E-state index in [-0.39, 0.29) is 23.8 Å². The predicted octanol–water partition coefficient (Wildman–Crippen LogP) is 5.01. The molecule has 1 aliphatic rings. The van der Waals surface area contributed by atoms with Crippen molar-refractivity contribution in [1.29, 1.82) is 0 Å². The Kier molecular flexibility index (Phi) is 5.47. The molecule has 2 amide bonds. The lowest BCUT2D eigenvalue weighted by Crippen LogP contribution is -2.49. The molecule has 2 heterocycles. The molecule has 1 aromatic heterocycles. The van der Waals surface area contributed by atoms with Gasteiger partial charge in [0.25, 0.3) is 11.8 Å². The highest BCUT2D eigenvalue weighted by Gasteiger charge is 2.34. The SMILES string of the molecule is CN1C(=O)[C@@H](NC(=O)c2cc3cccc(-c4ccccc4C(F)(F)F)c3[nH]2)COc2ccccc21. The van der Waals surface area contributed by atoms with Gasteiger partial charge in [0.1, 0.15) is 24.1 Å². The summed E-state index contributed by atoms with van der Waals surface area (Å²) in [6.45, 7) is -0.0592. The molecule has 4 aromatic rings. The molecule has 0 aliphatic carbocycles. The Bertz CT molecular complexity index is 1440. The molecule has 2 N–H and O–H groups in total. The van der Waals surface area contributed by atoms with Crippen molar-refractivity contribution in [3.63, 3.8) is 0 Å². The van der Waals surface area contributed by atoms with E-state index in [1.807, 2.05) is 0 Å². The van der Waals surface area contributed by atoms with Crippen molar-refractivity contribution >= 4 is 28.4 Å². The molecule has 5 rings (SSSR count). The van der Waals surface area contributed by atoms with Crippen LogP contribution in [0.15, 0.2) is 72.8 Å². The highest BCUT2D eigenvalue weighted by molar-refractivity contribution is 6.06. The van der Waals surface area contributed by atoms with Gasteiger partial charge < -0.3 is 19.9 Å². The number of carbonyl (C=O) groups excluding carboxylic acids is 2. The number of carbonyl (C=O) groups is 2. The monoisotopic (exact) mass is 479 g/mol. The molecular weight excluding hydrogens is 459 g/mol. The van der Waals surface area contributed by atoms with Gasteiger partial charge in [0.2, 0.25) is 0 Å². The van der Waals surface area contributed by atoms with Gasteiger partial charge in [0.05, 0.1) is 16.8 Å². The molecule has 9 heteroatoms. The molecule has 0 radical (unpaired) electrons. The number of fused-ring (bicyclic) bond motifs is 2. The lowest BCUT2D eigenvalue weighted by molar-refractivity contribution is -0.137. The molecule has 0 bridgehead atoms. The topological polar surface area (TPSA) is 74.4 Å². The average molecular weight is 479 g/mol. The van der Waals surface area contributed by atoms with Crippen LogP contribution < -0.4 is 15.0 Å². The van der Waals surface area contributed by atoms with Crippen LogP contribution in [0.1, 0.15) is 16.1 Å². The molecule has 3 aromatic carbocycles. The minimum Gasteiger partial charge on any atom is -0.489 e. The van der Waals surface area contributed by atoms with Gasteiger partial charge in [-0.25, -0.2) is 0 Å². The number of rotatable bonds is 3. The lowest BCUT2D eigenvalue weighted by atomic mass is 9.97. The third kappa shape index (κ3) is 4.09. The van der Waals surface area contributed by atoms with Crippen LogP contribution in [0.2, 0.25) is 0 Å². The van der Waals surface area contributed by atoms with E-state index in [2.05, 4.69) is 10.3 Å². The van der Waals surface area contributed by atoms with E-state index >= 15 is 0 Å². The normalized spacial score (nSPS) is 15.9. The van der Waals surface area contributed by atoms with Crippen molar-refractivity contribution in [2.75, 3.05) is 18.6 Å². The van der Waals surface area contributed by atoms with Crippen LogP contribution in [-0.4, -0.2) is 36.5 Å². The number of para-hydroxylation sites is 3. The minimum absolute atomic E-state index is 0.00569. The molecule has 1 aliphatic heterocycles. The number of aromatic nitrogens is 1. The molecule has 0 saturated heterocycles. The molecule has 0 unspecified atom stereocenters. The Morgan fingerprint density at radius 1 is 1.03 bits per heavy atom. The van der Waals surface area contributed by atoms with Gasteiger partial charge in [0.15, 0.2) is 0 Å². The number of likely N-dealkylation sites (N-methyl/N-ethyl adjacent to an activating group) is 1. The van der Waals surface area contributed by atoms with Crippen LogP contribution in [0.4, 0.5) is 18.9 Å². The fraction of sp³-hybridized carbons (Fsp3) is 0.154. The van der Waals surface area contributed by atoms with Gasteiger partial charge in [-0.05, 0) is 29.8 Å². The first-order chi connectivity index (χ1) is 16.7. The van der Waals surface area contributed by atoms with Crippen LogP contribution >= 0.6 is 0 Å². The summed E-state index contributed by atoms with van der Waals surface area (Å²) in [6, 6.07) is 17.8. The van der Waals surface area contributed by atoms with E-state index in [4.69, 9.17) is 4.74 Å². The minimum atomic E-state index is -4.53. The van der Waals surface area contributed by atoms with E-state index in [0.717, 1.165) is 6.07 Å². The maximum atomic E-state index is 13.6. The summed E-state index contributed by atoms with van der Waals surface area (Å²) >= 11 is 0. The van der Waals surface area contributed by atoms with Crippen molar-refractivity contribution in [2.24, 2.45) is 0 Å². The number of anilines is 1. The van der Waals surface area contributed by atoms with E-state index in [0.29, 0.717) is 27.9 Å². The maximum Gasteiger partial charge on any atom is 0.417 e. The molecule has 35 heavy (non-hydrogen) atoms. The number of amides is 2. The maximum absolute atomic E-state index is 13.6. The van der Waals surface area contributed by atoms with Crippen molar-refractivity contribution in [3.05, 3.63) is 84.1 Å². The summed E-state index contributed by atoms with van der Waals surface area (Å²) < 4.78 is 46.5. The Morgan fingerprint density at radius 2 is 1.74 bits per heavy atom. The van der Waals surface area contributed by atoms with Crippen LogP contribution in [-0.2, 0) is 11.0 Å². The van der Waals surface area contributed by atoms with Crippen molar-refractivity contribution < 1.29 is 27.5 Å². The summed E-state index contributed by atoms with van der Waals surface area (Å²) in [5.74, 6) is -0.393. The molecule has 1 atom stereocenters. The largest absolute Gasteiger partial charge is 0.489 e. The quantitative estimate of drug-likeness (QED) is 0.434. The van der Waals surface area contributed by atoms with E-state index in [9.17, 15) is 22.8 Å². The molecule has 0 fully saturated rings. The Hall–Kier alpha value is -4.27. The van der Waals surface area contributed by atoms with Gasteiger partial charge in [-0.15, -0.1) is 0 Å². The van der Waals surface area contributed by atoms with Crippen LogP contribution in [0.3, 0.4) is 0 Å². The second kappa shape index (κ2) is 8.50. The summed E-state index contributed by atoms with van der Waals surface area (Å²) in [7, 11) is 1.60. The zero-order chi connectivity index (χ0) is 24.7. The van der Waals surface area contributed by atoms with E-state index < -0.39 is 23.7 Å². The van der Waals surface area contributed by atoms with Gasteiger partial charge in [0, 0.05) is 18.0 Å². The Balaban J connectivity index is 1.45. The van der Waals surface area contributed by atoms with Crippen molar-refractivity contribution in [2.45, 2.75) is 12.2 Å². The smallest absolute Gasteiger partial charge is 0.417 e. The Labute approximate surface area is 198 Å². The van der Waals surface area contributed by atoms with Gasteiger partial charge in [-0.3, -0.25) is 9.59 Å². The molecule has 178 valence electrons. The number of nitrogens with zero attached hydrogens (tertiary/aromatic N) is 1. The number of H-pyrrole nitrogens is 1. The third-order valence-electron chi connectivity index (χ3n) is 5.99. The van der Waals surface area contributed by atoms with Crippen LogP contribution in [0.5, 0.6) is 5.75 Å². The van der Waals surface area contributed by atoms with Gasteiger partial charge in [-0.1, -0.05) is 48.5 Å². The Morgan fingerprint density at radius 3 is 2.54 bits per heavy atom. The fourth-order valence-electron chi connectivity index (χ4n) is 4.26. The molecular formula is C26H20F3N3O3. The number of benzene rings is 3. The number of alkyl halides is 3. The molecule has 0 spiro atoms. The van der Waals surface area contributed by atoms with Crippen LogP contribution in [0.25, 0.3) is 22.0 Å². The lowest BCUT2D eigenvalue weighted by Gasteiger charge is -2.20. The highest BCUT2D eigenvalue weighted by Crippen LogP contribution is 2.39. The standard InChI is InChI=1S/C26H20F3N3O3/c1-32-21-11-4-5-12-22(21)35-14-20(25(32)34)31-24(33)19-13-15-7-6-9-17(23(15)30-19)16-8-2-3-10-18(16)26(27,28)29/h2-13,20,30H,14H2,1H3,(H,31,33)/t20-/m0/s1. The molecule has 6 nitrogen and oxygen atoms in total. The van der Waals surface area contributed by atoms with Crippen molar-refractivity contribution in [3.8, 4) is 16.9 Å². The zero-order valence-electron chi connectivity index (χ0n) is 18.5. The van der Waals surface area contributed by atoms with Gasteiger partial charge in [-0.2, -0.15) is 13.2 Å². The second-order valence-electron chi connectivity index (χ2n) is 8.20.